The van der Waals surface area contributed by atoms with Gasteiger partial charge in [0.1, 0.15) is 0 Å². The van der Waals surface area contributed by atoms with Gasteiger partial charge in [-0.3, -0.25) is 5.21 Å². The lowest BCUT2D eigenvalue weighted by atomic mass is 10.3. The van der Waals surface area contributed by atoms with Crippen molar-refractivity contribution in [1.82, 2.24) is 15.3 Å². The number of unbranched alkanes of at least 4 members (excludes halogenated alkanes) is 1. The summed E-state index contributed by atoms with van der Waals surface area (Å²) in [5, 5.41) is 8.55. The van der Waals surface area contributed by atoms with Crippen molar-refractivity contribution < 1.29 is 14.8 Å². The van der Waals surface area contributed by atoms with Crippen molar-refractivity contribution in [3.8, 4) is 0 Å². The van der Waals surface area contributed by atoms with Gasteiger partial charge < -0.3 is 4.90 Å². The highest BCUT2D eigenvalue weighted by Crippen LogP contribution is 2.05. The van der Waals surface area contributed by atoms with Crippen molar-refractivity contribution in [1.29, 1.82) is 0 Å². The zero-order chi connectivity index (χ0) is 12.7. The lowest BCUT2D eigenvalue weighted by Crippen LogP contribution is -2.51. The molecular formula is C10H21N3O3. The molecule has 0 bridgehead atoms. The Bertz CT molecular complexity index is 243. The maximum absolute atomic E-state index is 11.9. The Morgan fingerprint density at radius 2 is 1.94 bits per heavy atom. The zero-order valence-electron chi connectivity index (χ0n) is 10.4. The average Bonchev–Trinajstić information content (AvgIpc) is 2.24. The summed E-state index contributed by atoms with van der Waals surface area (Å²) in [6.45, 7) is 6.04. The molecule has 0 aliphatic carbocycles. The fraction of sp³-hybridized carbons (Fsp3) is 0.800. The number of hydrogen-bond acceptors (Lipinski definition) is 3. The van der Waals surface area contributed by atoms with Crippen LogP contribution in [0.25, 0.3) is 0 Å². The zero-order valence-corrected chi connectivity index (χ0v) is 10.4. The lowest BCUT2D eigenvalue weighted by Gasteiger charge is -2.28. The van der Waals surface area contributed by atoms with Gasteiger partial charge in [-0.15, -0.1) is 0 Å². The van der Waals surface area contributed by atoms with Crippen LogP contribution in [0.2, 0.25) is 0 Å². The van der Waals surface area contributed by atoms with Crippen LogP contribution in [0.5, 0.6) is 0 Å². The van der Waals surface area contributed by atoms with Crippen molar-refractivity contribution in [3.63, 3.8) is 0 Å². The Labute approximate surface area is 96.2 Å². The van der Waals surface area contributed by atoms with Gasteiger partial charge in [0.2, 0.25) is 0 Å². The molecule has 0 aromatic rings. The number of nitrogens with one attached hydrogen (secondary N) is 1. The third kappa shape index (κ3) is 4.06. The molecule has 0 aromatic heterocycles. The first-order valence-electron chi connectivity index (χ1n) is 5.44. The Morgan fingerprint density at radius 3 is 2.31 bits per heavy atom. The Balaban J connectivity index is 4.55. The number of amides is 4. The van der Waals surface area contributed by atoms with Crippen LogP contribution < -0.4 is 5.48 Å². The topological polar surface area (TPSA) is 72.9 Å². The van der Waals surface area contributed by atoms with E-state index in [1.54, 1.807) is 20.9 Å². The Morgan fingerprint density at radius 1 is 1.38 bits per heavy atom. The first-order valence-corrected chi connectivity index (χ1v) is 5.44. The van der Waals surface area contributed by atoms with E-state index in [0.717, 1.165) is 17.7 Å². The molecule has 94 valence electrons. The van der Waals surface area contributed by atoms with Crippen molar-refractivity contribution in [2.45, 2.75) is 39.7 Å². The minimum Gasteiger partial charge on any atom is -0.327 e. The summed E-state index contributed by atoms with van der Waals surface area (Å²) in [7, 11) is 1.64. The van der Waals surface area contributed by atoms with Crippen molar-refractivity contribution in [3.05, 3.63) is 0 Å². The molecule has 0 radical (unpaired) electrons. The van der Waals surface area contributed by atoms with E-state index in [0.29, 0.717) is 6.54 Å². The molecular weight excluding hydrogens is 210 g/mol. The summed E-state index contributed by atoms with van der Waals surface area (Å²) < 4.78 is 0. The number of hydroxylamine groups is 1. The third-order valence-electron chi connectivity index (χ3n) is 2.21. The van der Waals surface area contributed by atoms with E-state index in [9.17, 15) is 9.59 Å². The molecule has 0 aromatic carbocycles. The second-order valence-corrected chi connectivity index (χ2v) is 3.94. The smallest absolute Gasteiger partial charge is 0.327 e. The van der Waals surface area contributed by atoms with Crippen LogP contribution in [0, 0.1) is 0 Å². The molecule has 2 N–H and O–H groups in total. The van der Waals surface area contributed by atoms with E-state index in [4.69, 9.17) is 5.21 Å². The van der Waals surface area contributed by atoms with Gasteiger partial charge >= 0.3 is 12.1 Å². The quantitative estimate of drug-likeness (QED) is 0.570. The lowest BCUT2D eigenvalue weighted by molar-refractivity contribution is 0.114. The number of urea groups is 2. The number of imide groups is 1. The van der Waals surface area contributed by atoms with Crippen LogP contribution in [0.1, 0.15) is 33.6 Å². The van der Waals surface area contributed by atoms with Gasteiger partial charge in [-0.2, -0.15) is 0 Å². The van der Waals surface area contributed by atoms with Gasteiger partial charge in [0.05, 0.1) is 0 Å². The number of rotatable bonds is 4. The summed E-state index contributed by atoms with van der Waals surface area (Å²) in [6, 6.07) is -1.51. The fourth-order valence-electron chi connectivity index (χ4n) is 1.27. The third-order valence-corrected chi connectivity index (χ3v) is 2.21. The first-order chi connectivity index (χ1) is 7.45. The molecule has 0 heterocycles. The van der Waals surface area contributed by atoms with Gasteiger partial charge in [0.15, 0.2) is 0 Å². The van der Waals surface area contributed by atoms with Crippen molar-refractivity contribution in [2.75, 3.05) is 13.6 Å². The van der Waals surface area contributed by atoms with Gasteiger partial charge in [-0.1, -0.05) is 13.3 Å². The van der Waals surface area contributed by atoms with Crippen LogP contribution in [0.15, 0.2) is 0 Å². The molecule has 16 heavy (non-hydrogen) atoms. The van der Waals surface area contributed by atoms with E-state index in [1.807, 2.05) is 6.92 Å². The molecule has 0 spiro atoms. The van der Waals surface area contributed by atoms with Crippen molar-refractivity contribution in [2.24, 2.45) is 0 Å². The molecule has 4 amide bonds. The molecule has 0 saturated heterocycles. The number of carbonyl (C=O) groups excluding carboxylic acids is 2. The maximum Gasteiger partial charge on any atom is 0.349 e. The van der Waals surface area contributed by atoms with Gasteiger partial charge in [0, 0.05) is 19.6 Å². The number of nitrogens with zero attached hydrogens (tertiary/aromatic N) is 2. The largest absolute Gasteiger partial charge is 0.349 e. The molecule has 6 heteroatoms. The van der Waals surface area contributed by atoms with E-state index in [1.165, 1.54) is 10.4 Å². The van der Waals surface area contributed by atoms with E-state index in [-0.39, 0.29) is 6.04 Å². The number of hydrogen-bond donors (Lipinski definition) is 2. The van der Waals surface area contributed by atoms with Gasteiger partial charge in [0.25, 0.3) is 0 Å². The fourth-order valence-corrected chi connectivity index (χ4v) is 1.27. The Hall–Kier alpha value is -1.30. The molecule has 0 unspecified atom stereocenters. The van der Waals surface area contributed by atoms with Crippen LogP contribution in [-0.4, -0.2) is 46.7 Å². The maximum atomic E-state index is 11.9. The highest BCUT2D eigenvalue weighted by molar-refractivity contribution is 5.93. The predicted molar refractivity (Wildman–Crippen MR) is 60.2 cm³/mol. The summed E-state index contributed by atoms with van der Waals surface area (Å²) in [4.78, 5) is 25.6. The Kier molecular flexibility index (Phi) is 6.48. The molecule has 0 aliphatic rings. The van der Waals surface area contributed by atoms with E-state index >= 15 is 0 Å². The minimum atomic E-state index is -0.802. The molecule has 0 saturated carbocycles. The summed E-state index contributed by atoms with van der Waals surface area (Å²) in [5.74, 6) is 0. The number of carbonyl (C=O) groups is 2. The van der Waals surface area contributed by atoms with Gasteiger partial charge in [-0.05, 0) is 20.3 Å². The van der Waals surface area contributed by atoms with Crippen LogP contribution >= 0.6 is 0 Å². The molecule has 0 fully saturated rings. The van der Waals surface area contributed by atoms with Crippen LogP contribution in [-0.2, 0) is 0 Å². The van der Waals surface area contributed by atoms with Crippen molar-refractivity contribution >= 4 is 12.1 Å². The molecule has 6 nitrogen and oxygen atoms in total. The highest BCUT2D eigenvalue weighted by atomic mass is 16.5. The van der Waals surface area contributed by atoms with Crippen LogP contribution in [0.3, 0.4) is 0 Å². The molecule has 0 rings (SSSR count). The highest BCUT2D eigenvalue weighted by Gasteiger charge is 2.26. The second kappa shape index (κ2) is 7.05. The summed E-state index contributed by atoms with van der Waals surface area (Å²) in [5.41, 5.74) is 1.48. The second-order valence-electron chi connectivity index (χ2n) is 3.94. The summed E-state index contributed by atoms with van der Waals surface area (Å²) in [6.07, 6.45) is 1.86. The molecule has 0 atom stereocenters. The van der Waals surface area contributed by atoms with Gasteiger partial charge in [-0.25, -0.2) is 20.0 Å². The summed E-state index contributed by atoms with van der Waals surface area (Å²) >= 11 is 0. The average molecular weight is 231 g/mol. The molecule has 0 aliphatic heterocycles. The van der Waals surface area contributed by atoms with E-state index < -0.39 is 12.1 Å². The standard InChI is InChI=1S/C10H21N3O3/c1-5-6-7-12(4)10(15)13(8(2)3)9(14)11-16/h8,16H,5-7H2,1-4H3,(H,11,14). The van der Waals surface area contributed by atoms with E-state index in [2.05, 4.69) is 0 Å². The minimum absolute atomic E-state index is 0.302. The first kappa shape index (κ1) is 14.7. The SMILES string of the molecule is CCCCN(C)C(=O)N(C(=O)NO)C(C)C. The monoisotopic (exact) mass is 231 g/mol. The normalized spacial score (nSPS) is 10.1. The predicted octanol–water partition coefficient (Wildman–Crippen LogP) is 1.65. The van der Waals surface area contributed by atoms with Crippen LogP contribution in [0.4, 0.5) is 9.59 Å².